The number of fused-ring (bicyclic) bond motifs is 2. The molecule has 3 heterocycles. The van der Waals surface area contributed by atoms with Crippen LogP contribution in [0.5, 0.6) is 5.75 Å². The first kappa shape index (κ1) is 18.7. The highest BCUT2D eigenvalue weighted by Gasteiger charge is 2.50. The van der Waals surface area contributed by atoms with Crippen molar-refractivity contribution >= 4 is 29.2 Å². The summed E-state index contributed by atoms with van der Waals surface area (Å²) in [6.07, 6.45) is 7.08. The number of pyridine rings is 1. The minimum atomic E-state index is -0.802. The van der Waals surface area contributed by atoms with Crippen molar-refractivity contribution in [3.63, 3.8) is 0 Å². The van der Waals surface area contributed by atoms with Crippen molar-refractivity contribution < 1.29 is 9.53 Å². The van der Waals surface area contributed by atoms with Gasteiger partial charge < -0.3 is 10.1 Å². The molecule has 28 heavy (non-hydrogen) atoms. The van der Waals surface area contributed by atoms with E-state index in [0.29, 0.717) is 35.8 Å². The Balaban J connectivity index is 1.77. The van der Waals surface area contributed by atoms with Gasteiger partial charge in [-0.05, 0) is 51.7 Å². The number of hydrogen-bond acceptors (Lipinski definition) is 6. The number of hydrogen-bond donors (Lipinski definition) is 1. The molecule has 0 saturated heterocycles. The van der Waals surface area contributed by atoms with Crippen molar-refractivity contribution in [3.05, 3.63) is 40.7 Å². The van der Waals surface area contributed by atoms with Gasteiger partial charge in [-0.1, -0.05) is 6.42 Å². The number of amides is 1. The Morgan fingerprint density at radius 1 is 1.21 bits per heavy atom. The number of carbonyl (C=O) groups is 1. The van der Waals surface area contributed by atoms with Gasteiger partial charge >= 0.3 is 0 Å². The highest BCUT2D eigenvalue weighted by Crippen LogP contribution is 2.44. The van der Waals surface area contributed by atoms with Gasteiger partial charge in [-0.15, -0.1) is 0 Å². The van der Waals surface area contributed by atoms with E-state index in [1.165, 1.54) is 10.7 Å². The van der Waals surface area contributed by atoms with Crippen LogP contribution < -0.4 is 15.6 Å². The predicted molar refractivity (Wildman–Crippen MR) is 105 cm³/mol. The second-order valence-electron chi connectivity index (χ2n) is 7.43. The highest BCUT2D eigenvalue weighted by atomic mass is 35.5. The van der Waals surface area contributed by atoms with Gasteiger partial charge in [0.1, 0.15) is 23.4 Å². The molecule has 2 aliphatic rings. The highest BCUT2D eigenvalue weighted by molar-refractivity contribution is 6.25. The summed E-state index contributed by atoms with van der Waals surface area (Å²) in [4.78, 5) is 34.2. The molecule has 1 fully saturated rings. The second-order valence-corrected chi connectivity index (χ2v) is 7.77. The number of nitrogens with zero attached hydrogens (tertiary/aromatic N) is 4. The fourth-order valence-electron chi connectivity index (χ4n) is 4.01. The zero-order valence-corrected chi connectivity index (χ0v) is 16.6. The number of ether oxygens (including phenoxy) is 1. The van der Waals surface area contributed by atoms with Crippen LogP contribution in [-0.2, 0) is 5.66 Å². The van der Waals surface area contributed by atoms with Crippen LogP contribution in [0, 0.1) is 0 Å². The van der Waals surface area contributed by atoms with Crippen molar-refractivity contribution in [2.24, 2.45) is 0 Å². The van der Waals surface area contributed by atoms with E-state index in [4.69, 9.17) is 16.5 Å². The first-order chi connectivity index (χ1) is 13.4. The molecule has 0 aromatic carbocycles. The smallest absolute Gasteiger partial charge is 0.287 e. The number of aromatic nitrogens is 3. The van der Waals surface area contributed by atoms with E-state index < -0.39 is 5.66 Å². The van der Waals surface area contributed by atoms with Crippen molar-refractivity contribution in [2.75, 3.05) is 5.32 Å². The van der Waals surface area contributed by atoms with Gasteiger partial charge in [0.05, 0.1) is 12.3 Å². The largest absolute Gasteiger partial charge is 0.485 e. The molecule has 1 aliphatic heterocycles. The molecule has 4 rings (SSSR count). The SMILES string of the molecule is CC(C)Oc1cncnc1Nc1ccc2n(c1=O)C1(CCCCC1)N(Cl)C2=O. The van der Waals surface area contributed by atoms with Crippen LogP contribution in [0.15, 0.2) is 29.5 Å². The molecule has 1 saturated carbocycles. The van der Waals surface area contributed by atoms with E-state index >= 15 is 0 Å². The normalized spacial score (nSPS) is 17.9. The quantitative estimate of drug-likeness (QED) is 0.787. The average Bonchev–Trinajstić information content (AvgIpc) is 2.88. The van der Waals surface area contributed by atoms with Gasteiger partial charge in [-0.3, -0.25) is 14.2 Å². The minimum Gasteiger partial charge on any atom is -0.485 e. The van der Waals surface area contributed by atoms with E-state index in [0.717, 1.165) is 19.3 Å². The Morgan fingerprint density at radius 3 is 2.68 bits per heavy atom. The number of halogens is 1. The Labute approximate surface area is 167 Å². The summed E-state index contributed by atoms with van der Waals surface area (Å²) >= 11 is 6.39. The van der Waals surface area contributed by atoms with Gasteiger partial charge in [0.2, 0.25) is 0 Å². The molecule has 1 N–H and O–H groups in total. The Morgan fingerprint density at radius 2 is 1.96 bits per heavy atom. The molecule has 2 aromatic rings. The average molecular weight is 404 g/mol. The molecule has 1 spiro atoms. The van der Waals surface area contributed by atoms with Gasteiger partial charge in [0.15, 0.2) is 11.6 Å². The number of anilines is 2. The zero-order valence-electron chi connectivity index (χ0n) is 15.8. The van der Waals surface area contributed by atoms with E-state index in [-0.39, 0.29) is 17.6 Å². The van der Waals surface area contributed by atoms with Crippen LogP contribution in [0.25, 0.3) is 0 Å². The van der Waals surface area contributed by atoms with E-state index in [9.17, 15) is 9.59 Å². The molecule has 148 valence electrons. The molecule has 8 nitrogen and oxygen atoms in total. The number of carbonyl (C=O) groups excluding carboxylic acids is 1. The third kappa shape index (κ3) is 2.92. The lowest BCUT2D eigenvalue weighted by Crippen LogP contribution is -2.47. The first-order valence-electron chi connectivity index (χ1n) is 9.44. The Bertz CT molecular complexity index is 968. The standard InChI is InChI=1S/C19H22ClN5O3/c1-12(2)28-15-10-21-11-22-16(15)23-13-6-7-14-18(27)25(20)19(24(14)17(13)26)8-4-3-5-9-19/h6-7,10-12H,3-5,8-9H2,1-2H3,(H,21,22,23). The van der Waals surface area contributed by atoms with Crippen LogP contribution in [0.2, 0.25) is 0 Å². The summed E-state index contributed by atoms with van der Waals surface area (Å²) in [6, 6.07) is 3.22. The first-order valence-corrected chi connectivity index (χ1v) is 9.78. The van der Waals surface area contributed by atoms with Gasteiger partial charge in [0, 0.05) is 11.8 Å². The van der Waals surface area contributed by atoms with Gasteiger partial charge in [-0.25, -0.2) is 14.4 Å². The summed E-state index contributed by atoms with van der Waals surface area (Å²) in [7, 11) is 0. The minimum absolute atomic E-state index is 0.0689. The summed E-state index contributed by atoms with van der Waals surface area (Å²) in [6.45, 7) is 3.79. The van der Waals surface area contributed by atoms with E-state index in [1.807, 2.05) is 13.8 Å². The second kappa shape index (κ2) is 7.09. The molecule has 1 aliphatic carbocycles. The Kier molecular flexibility index (Phi) is 4.74. The maximum Gasteiger partial charge on any atom is 0.287 e. The van der Waals surface area contributed by atoms with Crippen molar-refractivity contribution in [1.82, 2.24) is 19.0 Å². The summed E-state index contributed by atoms with van der Waals surface area (Å²) in [5.74, 6) is 0.508. The van der Waals surface area contributed by atoms with Gasteiger partial charge in [-0.2, -0.15) is 0 Å². The fraction of sp³-hybridized carbons (Fsp3) is 0.474. The van der Waals surface area contributed by atoms with Crippen LogP contribution in [0.3, 0.4) is 0 Å². The summed E-state index contributed by atoms with van der Waals surface area (Å²) < 4.78 is 8.48. The fourth-order valence-corrected chi connectivity index (χ4v) is 4.34. The topological polar surface area (TPSA) is 89.3 Å². The Hall–Kier alpha value is -2.61. The third-order valence-corrected chi connectivity index (χ3v) is 5.68. The van der Waals surface area contributed by atoms with Crippen molar-refractivity contribution in [3.8, 4) is 5.75 Å². The molecule has 1 amide bonds. The molecule has 0 atom stereocenters. The van der Waals surface area contributed by atoms with Crippen molar-refractivity contribution in [2.45, 2.75) is 57.7 Å². The lowest BCUT2D eigenvalue weighted by Gasteiger charge is -2.38. The third-order valence-electron chi connectivity index (χ3n) is 5.21. The molecule has 0 unspecified atom stereocenters. The van der Waals surface area contributed by atoms with E-state index in [2.05, 4.69) is 15.3 Å². The molecular weight excluding hydrogens is 382 g/mol. The van der Waals surface area contributed by atoms with Crippen LogP contribution in [0.1, 0.15) is 56.4 Å². The molecule has 9 heteroatoms. The number of rotatable bonds is 4. The molecular formula is C19H22ClN5O3. The molecule has 2 aromatic heterocycles. The van der Waals surface area contributed by atoms with E-state index in [1.54, 1.807) is 22.9 Å². The lowest BCUT2D eigenvalue weighted by atomic mass is 9.89. The van der Waals surface area contributed by atoms with Gasteiger partial charge in [0.25, 0.3) is 11.5 Å². The van der Waals surface area contributed by atoms with Crippen molar-refractivity contribution in [1.29, 1.82) is 0 Å². The molecule has 0 bridgehead atoms. The van der Waals surface area contributed by atoms with Crippen LogP contribution >= 0.6 is 11.8 Å². The summed E-state index contributed by atoms with van der Waals surface area (Å²) in [5.41, 5.74) is -0.483. The van der Waals surface area contributed by atoms with Crippen LogP contribution in [0.4, 0.5) is 11.5 Å². The van der Waals surface area contributed by atoms with Crippen LogP contribution in [-0.4, -0.2) is 31.0 Å². The summed E-state index contributed by atoms with van der Waals surface area (Å²) in [5, 5.41) is 3.05. The predicted octanol–water partition coefficient (Wildman–Crippen LogP) is 3.40. The lowest BCUT2D eigenvalue weighted by molar-refractivity contribution is 0.0553. The maximum absolute atomic E-state index is 13.3. The zero-order chi connectivity index (χ0) is 19.9. The molecule has 0 radical (unpaired) electrons. The maximum atomic E-state index is 13.3. The monoisotopic (exact) mass is 403 g/mol. The number of nitrogens with one attached hydrogen (secondary N) is 1.